The van der Waals surface area contributed by atoms with Crippen LogP contribution in [0.2, 0.25) is 0 Å². The third kappa shape index (κ3) is 6.64. The third-order valence-corrected chi connectivity index (χ3v) is 6.70. The van der Waals surface area contributed by atoms with Gasteiger partial charge in [-0.3, -0.25) is 0 Å². The molecule has 0 atom stereocenters. The predicted molar refractivity (Wildman–Crippen MR) is 157 cm³/mol. The van der Waals surface area contributed by atoms with Gasteiger partial charge in [-0.25, -0.2) is 14.2 Å². The van der Waals surface area contributed by atoms with Crippen molar-refractivity contribution in [1.29, 1.82) is 0 Å². The molecule has 14 heteroatoms. The van der Waals surface area contributed by atoms with Gasteiger partial charge in [-0.2, -0.15) is 13.2 Å². The monoisotopic (exact) mass is 613 g/mol. The lowest BCUT2D eigenvalue weighted by Gasteiger charge is -2.22. The summed E-state index contributed by atoms with van der Waals surface area (Å²) in [5.41, 5.74) is 1.02. The van der Waals surface area contributed by atoms with Crippen molar-refractivity contribution in [3.8, 4) is 17.2 Å². The molecule has 0 aliphatic carbocycles. The standard InChI is InChI=1S/C30H27F4N5O5/c1-41-21-12-25(42-2)22(26(13-21)43-3)14-35-27-10-17-15-39(16-36-28(17)44-27)20-7-5-19(6-8-20)37-29(40)38-24-11-18(30(32,33)34)4-9-23(24)31/h4-13,16,35H,14-15H2,1-3H3,(H2,37,38,40). The van der Waals surface area contributed by atoms with E-state index in [0.717, 1.165) is 16.8 Å². The van der Waals surface area contributed by atoms with E-state index in [1.165, 1.54) is 0 Å². The molecule has 230 valence electrons. The number of nitrogens with one attached hydrogen (secondary N) is 3. The number of amides is 2. The molecule has 2 heterocycles. The van der Waals surface area contributed by atoms with Gasteiger partial charge in [0.25, 0.3) is 0 Å². The first-order valence-electron chi connectivity index (χ1n) is 13.1. The number of nitrogens with zero attached hydrogens (tertiary/aromatic N) is 2. The summed E-state index contributed by atoms with van der Waals surface area (Å²) in [4.78, 5) is 18.6. The second-order valence-electron chi connectivity index (χ2n) is 9.50. The smallest absolute Gasteiger partial charge is 0.416 e. The van der Waals surface area contributed by atoms with Crippen molar-refractivity contribution in [2.24, 2.45) is 4.99 Å². The van der Waals surface area contributed by atoms with Crippen LogP contribution in [0.5, 0.6) is 17.2 Å². The average Bonchev–Trinajstić information content (AvgIpc) is 3.42. The van der Waals surface area contributed by atoms with Crippen LogP contribution in [-0.4, -0.2) is 33.7 Å². The first-order chi connectivity index (χ1) is 21.1. The lowest BCUT2D eigenvalue weighted by Crippen LogP contribution is -2.23. The number of benzene rings is 3. The van der Waals surface area contributed by atoms with Crippen LogP contribution in [-0.2, 0) is 19.3 Å². The molecule has 1 aromatic heterocycles. The highest BCUT2D eigenvalue weighted by molar-refractivity contribution is 6.00. The Balaban J connectivity index is 1.20. The lowest BCUT2D eigenvalue weighted by atomic mass is 10.1. The molecule has 3 N–H and O–H groups in total. The molecule has 0 bridgehead atoms. The number of methoxy groups -OCH3 is 3. The maximum Gasteiger partial charge on any atom is 0.416 e. The zero-order valence-electron chi connectivity index (χ0n) is 23.7. The molecule has 1 aliphatic rings. The van der Waals surface area contributed by atoms with E-state index in [9.17, 15) is 22.4 Å². The zero-order valence-corrected chi connectivity index (χ0v) is 23.7. The summed E-state index contributed by atoms with van der Waals surface area (Å²) in [6.07, 6.45) is -3.07. The Morgan fingerprint density at radius 3 is 2.30 bits per heavy atom. The number of anilines is 4. The number of hydrogen-bond acceptors (Lipinski definition) is 8. The molecule has 10 nitrogen and oxygen atoms in total. The number of hydrogen-bond donors (Lipinski definition) is 3. The summed E-state index contributed by atoms with van der Waals surface area (Å²) in [6.45, 7) is 0.792. The van der Waals surface area contributed by atoms with Gasteiger partial charge in [0.15, 0.2) is 5.88 Å². The minimum absolute atomic E-state index is 0.340. The topological polar surface area (TPSA) is 110 Å². The summed E-state index contributed by atoms with van der Waals surface area (Å²) >= 11 is 0. The highest BCUT2D eigenvalue weighted by Crippen LogP contribution is 2.37. The Labute approximate surface area is 249 Å². The molecule has 0 unspecified atom stereocenters. The quantitative estimate of drug-likeness (QED) is 0.169. The van der Waals surface area contributed by atoms with Gasteiger partial charge in [-0.1, -0.05) is 0 Å². The fourth-order valence-corrected chi connectivity index (χ4v) is 4.48. The molecular formula is C30H27F4N5O5. The van der Waals surface area contributed by atoms with Crippen LogP contribution in [0.15, 0.2) is 70.1 Å². The maximum atomic E-state index is 14.0. The van der Waals surface area contributed by atoms with Crippen LogP contribution in [0.25, 0.3) is 0 Å². The van der Waals surface area contributed by atoms with Crippen LogP contribution in [0, 0.1) is 5.82 Å². The number of aliphatic imine (C=N–C) groups is 1. The largest absolute Gasteiger partial charge is 0.496 e. The third-order valence-electron chi connectivity index (χ3n) is 6.70. The van der Waals surface area contributed by atoms with Gasteiger partial charge < -0.3 is 39.5 Å². The van der Waals surface area contributed by atoms with Gasteiger partial charge in [0, 0.05) is 35.1 Å². The second kappa shape index (κ2) is 12.5. The molecule has 0 fully saturated rings. The highest BCUT2D eigenvalue weighted by Gasteiger charge is 2.31. The Morgan fingerprint density at radius 2 is 1.66 bits per heavy atom. The number of ether oxygens (including phenoxy) is 3. The van der Waals surface area contributed by atoms with E-state index in [1.54, 1.807) is 64.1 Å². The number of fused-ring (bicyclic) bond motifs is 1. The summed E-state index contributed by atoms with van der Waals surface area (Å²) in [7, 11) is 4.68. The van der Waals surface area contributed by atoms with E-state index in [2.05, 4.69) is 20.9 Å². The van der Waals surface area contributed by atoms with Gasteiger partial charge in [0.05, 0.1) is 57.6 Å². The van der Waals surface area contributed by atoms with Gasteiger partial charge in [0.1, 0.15) is 23.1 Å². The van der Waals surface area contributed by atoms with Crippen molar-refractivity contribution in [3.63, 3.8) is 0 Å². The van der Waals surface area contributed by atoms with E-state index in [4.69, 9.17) is 18.6 Å². The Morgan fingerprint density at radius 1 is 0.955 bits per heavy atom. The zero-order chi connectivity index (χ0) is 31.4. The molecule has 0 spiro atoms. The fraction of sp³-hybridized carbons (Fsp3) is 0.200. The molecule has 2 amide bonds. The van der Waals surface area contributed by atoms with Crippen LogP contribution in [0.4, 0.5) is 51.2 Å². The summed E-state index contributed by atoms with van der Waals surface area (Å²) in [5.74, 6) is 1.73. The molecule has 4 aromatic rings. The first kappa shape index (κ1) is 30.1. The number of urea groups is 1. The highest BCUT2D eigenvalue weighted by atomic mass is 19.4. The average molecular weight is 614 g/mol. The van der Waals surface area contributed by atoms with E-state index in [1.807, 2.05) is 11.0 Å². The second-order valence-corrected chi connectivity index (χ2v) is 9.50. The lowest BCUT2D eigenvalue weighted by molar-refractivity contribution is -0.137. The van der Waals surface area contributed by atoms with Crippen molar-refractivity contribution in [2.45, 2.75) is 19.3 Å². The van der Waals surface area contributed by atoms with E-state index < -0.39 is 29.3 Å². The summed E-state index contributed by atoms with van der Waals surface area (Å²) in [6, 6.07) is 12.9. The molecule has 0 radical (unpaired) electrons. The minimum atomic E-state index is -4.68. The van der Waals surface area contributed by atoms with Gasteiger partial charge >= 0.3 is 12.2 Å². The van der Waals surface area contributed by atoms with Crippen molar-refractivity contribution in [1.82, 2.24) is 0 Å². The summed E-state index contributed by atoms with van der Waals surface area (Å²) < 4.78 is 75.0. The van der Waals surface area contributed by atoms with Gasteiger partial charge in [-0.15, -0.1) is 0 Å². The first-order valence-corrected chi connectivity index (χ1v) is 13.1. The Hall–Kier alpha value is -5.40. The maximum absolute atomic E-state index is 14.0. The van der Waals surface area contributed by atoms with Crippen LogP contribution >= 0.6 is 0 Å². The van der Waals surface area contributed by atoms with Crippen LogP contribution in [0.3, 0.4) is 0 Å². The van der Waals surface area contributed by atoms with Crippen molar-refractivity contribution in [2.75, 3.05) is 42.2 Å². The van der Waals surface area contributed by atoms with Crippen LogP contribution < -0.4 is 35.1 Å². The molecule has 1 aliphatic heterocycles. The fourth-order valence-electron chi connectivity index (χ4n) is 4.48. The molecule has 0 saturated heterocycles. The van der Waals surface area contributed by atoms with Crippen molar-refractivity contribution < 1.29 is 41.0 Å². The number of halogens is 4. The molecule has 3 aromatic carbocycles. The minimum Gasteiger partial charge on any atom is -0.496 e. The number of furan rings is 1. The van der Waals surface area contributed by atoms with Crippen LogP contribution in [0.1, 0.15) is 16.7 Å². The number of alkyl halides is 3. The molecule has 0 saturated carbocycles. The summed E-state index contributed by atoms with van der Waals surface area (Å²) in [5, 5.41) is 7.82. The van der Waals surface area contributed by atoms with Crippen molar-refractivity contribution in [3.05, 3.63) is 83.2 Å². The predicted octanol–water partition coefficient (Wildman–Crippen LogP) is 7.40. The SMILES string of the molecule is COc1cc(OC)c(CNc2cc3c(o2)N=CN(c2ccc(NC(=O)Nc4cc(C(F)(F)F)ccc4F)cc2)C3)c(OC)c1. The number of carbonyl (C=O) groups is 1. The van der Waals surface area contributed by atoms with E-state index in [0.29, 0.717) is 66.0 Å². The number of rotatable bonds is 9. The molecule has 5 rings (SSSR count). The Bertz CT molecular complexity index is 1660. The Kier molecular flexibility index (Phi) is 8.51. The van der Waals surface area contributed by atoms with Gasteiger partial charge in [-0.05, 0) is 42.5 Å². The molecular weight excluding hydrogens is 586 g/mol. The van der Waals surface area contributed by atoms with Gasteiger partial charge in [0.2, 0.25) is 5.88 Å². The molecule has 44 heavy (non-hydrogen) atoms. The van der Waals surface area contributed by atoms with E-state index >= 15 is 0 Å². The number of carbonyl (C=O) groups excluding carboxylic acids is 1. The normalized spacial score (nSPS) is 12.4. The van der Waals surface area contributed by atoms with Crippen molar-refractivity contribution >= 4 is 41.2 Å². The van der Waals surface area contributed by atoms with E-state index in [-0.39, 0.29) is 0 Å².